The predicted molar refractivity (Wildman–Crippen MR) is 100 cm³/mol. The number of aryl methyl sites for hydroxylation is 1. The summed E-state index contributed by atoms with van der Waals surface area (Å²) in [7, 11) is 0. The fourth-order valence-electron chi connectivity index (χ4n) is 3.30. The van der Waals surface area contributed by atoms with Gasteiger partial charge >= 0.3 is 0 Å². The molecule has 2 aromatic rings. The standard InChI is InChI=1S/C20H22N4O/c1-15-8-10-16(11-9-15)24-18-7-5-3-2-4-6-17(18)20(22-24)23-13-12-21-19(25)14-23/h2,4,6-11H,3,5,12-14H2,1H3,(H,21,25). The number of benzene rings is 1. The Kier molecular flexibility index (Phi) is 4.14. The molecule has 1 fully saturated rings. The second-order valence-corrected chi connectivity index (χ2v) is 6.52. The monoisotopic (exact) mass is 334 g/mol. The average Bonchev–Trinajstić information content (AvgIpc) is 2.93. The number of allylic oxidation sites excluding steroid dienone is 2. The van der Waals surface area contributed by atoms with Crippen LogP contribution < -0.4 is 20.8 Å². The second-order valence-electron chi connectivity index (χ2n) is 6.52. The Balaban J connectivity index is 1.91. The number of fused-ring (bicyclic) bond motifs is 1. The molecule has 0 spiro atoms. The molecule has 2 heterocycles. The summed E-state index contributed by atoms with van der Waals surface area (Å²) in [5, 5.41) is 9.98. The van der Waals surface area contributed by atoms with Gasteiger partial charge in [-0.05, 0) is 38.0 Å². The number of hydrogen-bond acceptors (Lipinski definition) is 3. The molecule has 0 unspecified atom stereocenters. The Morgan fingerprint density at radius 1 is 1.16 bits per heavy atom. The molecule has 1 aliphatic heterocycles. The molecule has 0 atom stereocenters. The van der Waals surface area contributed by atoms with E-state index in [0.29, 0.717) is 13.1 Å². The van der Waals surface area contributed by atoms with Crippen molar-refractivity contribution < 1.29 is 4.79 Å². The highest BCUT2D eigenvalue weighted by atomic mass is 16.2. The van der Waals surface area contributed by atoms with Crippen molar-refractivity contribution in [2.45, 2.75) is 19.8 Å². The van der Waals surface area contributed by atoms with Crippen molar-refractivity contribution in [1.82, 2.24) is 15.1 Å². The first-order valence-electron chi connectivity index (χ1n) is 8.77. The summed E-state index contributed by atoms with van der Waals surface area (Å²) in [6.07, 6.45) is 10.6. The van der Waals surface area contributed by atoms with E-state index in [0.717, 1.165) is 41.5 Å². The van der Waals surface area contributed by atoms with Gasteiger partial charge < -0.3 is 10.2 Å². The van der Waals surface area contributed by atoms with E-state index in [1.54, 1.807) is 0 Å². The molecule has 0 saturated carbocycles. The minimum Gasteiger partial charge on any atom is -0.353 e. The first-order chi connectivity index (χ1) is 12.2. The van der Waals surface area contributed by atoms with E-state index in [4.69, 9.17) is 5.10 Å². The van der Waals surface area contributed by atoms with Crippen molar-refractivity contribution in [1.29, 1.82) is 0 Å². The van der Waals surface area contributed by atoms with Crippen molar-refractivity contribution in [3.05, 3.63) is 52.5 Å². The zero-order valence-corrected chi connectivity index (χ0v) is 14.4. The van der Waals surface area contributed by atoms with Gasteiger partial charge in [0.05, 0.1) is 17.6 Å². The lowest BCUT2D eigenvalue weighted by atomic mass is 10.2. The Bertz CT molecular complexity index is 937. The van der Waals surface area contributed by atoms with Gasteiger partial charge in [-0.1, -0.05) is 35.9 Å². The summed E-state index contributed by atoms with van der Waals surface area (Å²) < 4.78 is 2.01. The van der Waals surface area contributed by atoms with Gasteiger partial charge in [0.1, 0.15) is 0 Å². The largest absolute Gasteiger partial charge is 0.353 e. The van der Waals surface area contributed by atoms with E-state index in [2.05, 4.69) is 65.7 Å². The first-order valence-corrected chi connectivity index (χ1v) is 8.77. The van der Waals surface area contributed by atoms with Gasteiger partial charge in [-0.15, -0.1) is 5.10 Å². The van der Waals surface area contributed by atoms with Crippen molar-refractivity contribution in [2.24, 2.45) is 0 Å². The van der Waals surface area contributed by atoms with Crippen molar-refractivity contribution in [3.8, 4) is 5.69 Å². The maximum atomic E-state index is 11.8. The quantitative estimate of drug-likeness (QED) is 0.892. The molecule has 1 aromatic heterocycles. The number of nitrogens with one attached hydrogen (secondary N) is 1. The van der Waals surface area contributed by atoms with Crippen LogP contribution in [0, 0.1) is 6.92 Å². The molecular weight excluding hydrogens is 312 g/mol. The van der Waals surface area contributed by atoms with Crippen LogP contribution in [0.15, 0.2) is 36.4 Å². The zero-order chi connectivity index (χ0) is 17.2. The lowest BCUT2D eigenvalue weighted by molar-refractivity contribution is -0.120. The summed E-state index contributed by atoms with van der Waals surface area (Å²) in [6.45, 7) is 3.88. The van der Waals surface area contributed by atoms with Crippen LogP contribution in [0.2, 0.25) is 0 Å². The highest BCUT2D eigenvalue weighted by Crippen LogP contribution is 2.11. The molecule has 5 nitrogen and oxygen atoms in total. The lowest BCUT2D eigenvalue weighted by Crippen LogP contribution is -2.49. The van der Waals surface area contributed by atoms with E-state index in [-0.39, 0.29) is 5.91 Å². The fraction of sp³-hybridized carbons (Fsp3) is 0.300. The number of aromatic nitrogens is 2. The van der Waals surface area contributed by atoms with Crippen LogP contribution in [0.1, 0.15) is 18.4 Å². The summed E-state index contributed by atoms with van der Waals surface area (Å²) in [5.41, 5.74) is 2.27. The van der Waals surface area contributed by atoms with Crippen LogP contribution >= 0.6 is 0 Å². The van der Waals surface area contributed by atoms with Crippen LogP contribution in [0.3, 0.4) is 0 Å². The molecule has 1 amide bonds. The maximum absolute atomic E-state index is 11.8. The number of amides is 1. The van der Waals surface area contributed by atoms with E-state index in [1.807, 2.05) is 4.68 Å². The number of anilines is 1. The lowest BCUT2D eigenvalue weighted by Gasteiger charge is -2.26. The molecule has 1 saturated heterocycles. The number of nitrogens with zero attached hydrogens (tertiary/aromatic N) is 3. The molecule has 128 valence electrons. The number of hydrogen-bond donors (Lipinski definition) is 1. The molecule has 1 N–H and O–H groups in total. The van der Waals surface area contributed by atoms with Gasteiger partial charge in [0, 0.05) is 18.3 Å². The third kappa shape index (κ3) is 3.09. The van der Waals surface area contributed by atoms with E-state index in [1.165, 1.54) is 5.56 Å². The van der Waals surface area contributed by atoms with Gasteiger partial charge in [-0.3, -0.25) is 4.79 Å². The predicted octanol–water partition coefficient (Wildman–Crippen LogP) is 1.03. The molecule has 5 heteroatoms. The molecule has 2 aliphatic rings. The third-order valence-corrected chi connectivity index (χ3v) is 4.63. The van der Waals surface area contributed by atoms with Crippen LogP contribution in [-0.4, -0.2) is 35.3 Å². The van der Waals surface area contributed by atoms with E-state index < -0.39 is 0 Å². The second kappa shape index (κ2) is 6.59. The molecule has 0 bridgehead atoms. The van der Waals surface area contributed by atoms with E-state index >= 15 is 0 Å². The smallest absolute Gasteiger partial charge is 0.239 e. The van der Waals surface area contributed by atoms with Crippen LogP contribution in [0.25, 0.3) is 17.8 Å². The molecule has 4 rings (SSSR count). The summed E-state index contributed by atoms with van der Waals surface area (Å²) >= 11 is 0. The normalized spacial score (nSPS) is 17.0. The van der Waals surface area contributed by atoms with Crippen LogP contribution in [0.4, 0.5) is 5.82 Å². The molecule has 1 aliphatic carbocycles. The van der Waals surface area contributed by atoms with Gasteiger partial charge in [0.25, 0.3) is 0 Å². The molecular formula is C20H22N4O. The Labute approximate surface area is 147 Å². The number of piperazine rings is 1. The molecule has 25 heavy (non-hydrogen) atoms. The maximum Gasteiger partial charge on any atom is 0.239 e. The number of rotatable bonds is 2. The topological polar surface area (TPSA) is 50.2 Å². The Morgan fingerprint density at radius 2 is 2.00 bits per heavy atom. The summed E-state index contributed by atoms with van der Waals surface area (Å²) in [5.74, 6) is 0.934. The van der Waals surface area contributed by atoms with Crippen molar-refractivity contribution >= 4 is 23.9 Å². The van der Waals surface area contributed by atoms with Gasteiger partial charge in [0.2, 0.25) is 5.91 Å². The average molecular weight is 334 g/mol. The van der Waals surface area contributed by atoms with Crippen LogP contribution in [0.5, 0.6) is 0 Å². The van der Waals surface area contributed by atoms with E-state index in [9.17, 15) is 4.79 Å². The highest BCUT2D eigenvalue weighted by Gasteiger charge is 2.21. The highest BCUT2D eigenvalue weighted by molar-refractivity contribution is 5.82. The number of carbonyl (C=O) groups is 1. The SMILES string of the molecule is Cc1ccc(-n2nc(N3CCNC(=O)C3)c3c2=CCCC=CC=3)cc1. The Morgan fingerprint density at radius 3 is 2.80 bits per heavy atom. The minimum atomic E-state index is 0.0512. The minimum absolute atomic E-state index is 0.0512. The first kappa shape index (κ1) is 15.7. The Hall–Kier alpha value is -2.82. The van der Waals surface area contributed by atoms with Gasteiger partial charge in [-0.25, -0.2) is 4.68 Å². The number of carbonyl (C=O) groups excluding carboxylic acids is 1. The zero-order valence-electron chi connectivity index (χ0n) is 14.4. The van der Waals surface area contributed by atoms with Crippen molar-refractivity contribution in [2.75, 3.05) is 24.5 Å². The summed E-state index contributed by atoms with van der Waals surface area (Å²) in [4.78, 5) is 13.9. The van der Waals surface area contributed by atoms with Gasteiger partial charge in [-0.2, -0.15) is 0 Å². The fourth-order valence-corrected chi connectivity index (χ4v) is 3.30. The summed E-state index contributed by atoms with van der Waals surface area (Å²) in [6, 6.07) is 8.39. The third-order valence-electron chi connectivity index (χ3n) is 4.63. The van der Waals surface area contributed by atoms with Crippen LogP contribution in [-0.2, 0) is 4.79 Å². The molecule has 0 radical (unpaired) electrons. The molecule has 1 aromatic carbocycles. The van der Waals surface area contributed by atoms with Crippen molar-refractivity contribution in [3.63, 3.8) is 0 Å². The van der Waals surface area contributed by atoms with Gasteiger partial charge in [0.15, 0.2) is 5.82 Å².